The van der Waals surface area contributed by atoms with Gasteiger partial charge in [0.2, 0.25) is 5.88 Å². The minimum Gasteiger partial charge on any atom is -0.390 e. The van der Waals surface area contributed by atoms with E-state index < -0.39 is 0 Å². The fourth-order valence-electron chi connectivity index (χ4n) is 3.84. The van der Waals surface area contributed by atoms with Crippen molar-refractivity contribution < 1.29 is 9.53 Å². The van der Waals surface area contributed by atoms with Crippen molar-refractivity contribution in [2.24, 2.45) is 13.0 Å². The second-order valence-corrected chi connectivity index (χ2v) is 7.44. The first kappa shape index (κ1) is 18.8. The number of aryl methyl sites for hydroxylation is 1. The zero-order valence-electron chi connectivity index (χ0n) is 15.9. The zero-order valence-corrected chi connectivity index (χ0v) is 15.9. The summed E-state index contributed by atoms with van der Waals surface area (Å²) in [5.74, 6) is 0.630. The molecule has 3 rings (SSSR count). The molecule has 2 saturated heterocycles. The van der Waals surface area contributed by atoms with Crippen LogP contribution in [0.3, 0.4) is 0 Å². The van der Waals surface area contributed by atoms with Crippen LogP contribution in [0.15, 0.2) is 16.9 Å². The lowest BCUT2D eigenvalue weighted by atomic mass is 9.87. The van der Waals surface area contributed by atoms with E-state index in [9.17, 15) is 9.59 Å². The predicted octanol–water partition coefficient (Wildman–Crippen LogP) is 0.673. The Kier molecular flexibility index (Phi) is 5.93. The second kappa shape index (κ2) is 8.18. The lowest BCUT2D eigenvalue weighted by molar-refractivity contribution is 0.0266. The lowest BCUT2D eigenvalue weighted by Gasteiger charge is -2.46. The van der Waals surface area contributed by atoms with Gasteiger partial charge in [0.05, 0.1) is 6.04 Å². The summed E-state index contributed by atoms with van der Waals surface area (Å²) < 4.78 is 6.66. The van der Waals surface area contributed by atoms with Crippen LogP contribution in [-0.2, 0) is 7.05 Å². The molecule has 0 radical (unpaired) electrons. The third-order valence-corrected chi connectivity index (χ3v) is 5.47. The molecule has 0 bridgehead atoms. The van der Waals surface area contributed by atoms with Gasteiger partial charge in [0.15, 0.2) is 0 Å². The third kappa shape index (κ3) is 4.24. The van der Waals surface area contributed by atoms with Crippen LogP contribution in [0.5, 0.6) is 5.88 Å². The molecule has 144 valence electrons. The Hall–Kier alpha value is -1.93. The van der Waals surface area contributed by atoms with Gasteiger partial charge < -0.3 is 15.0 Å². The molecule has 0 aromatic carbocycles. The van der Waals surface area contributed by atoms with E-state index in [1.54, 1.807) is 7.05 Å². The summed E-state index contributed by atoms with van der Waals surface area (Å²) in [5, 5.41) is 7.39. The Morgan fingerprint density at radius 1 is 1.27 bits per heavy atom. The molecule has 3 heterocycles. The van der Waals surface area contributed by atoms with E-state index in [1.165, 1.54) is 16.8 Å². The number of hydrogen-bond acceptors (Lipinski definition) is 6. The second-order valence-electron chi connectivity index (χ2n) is 7.44. The normalized spacial score (nSPS) is 22.6. The number of nitrogens with zero attached hydrogens (tertiary/aromatic N) is 4. The van der Waals surface area contributed by atoms with Crippen molar-refractivity contribution in [1.82, 2.24) is 24.9 Å². The largest absolute Gasteiger partial charge is 0.416 e. The number of rotatable bonds is 3. The average molecular weight is 363 g/mol. The van der Waals surface area contributed by atoms with E-state index >= 15 is 0 Å². The van der Waals surface area contributed by atoms with Crippen molar-refractivity contribution in [3.05, 3.63) is 22.5 Å². The molecule has 8 heteroatoms. The van der Waals surface area contributed by atoms with Gasteiger partial charge in [-0.1, -0.05) is 0 Å². The molecule has 1 unspecified atom stereocenters. The monoisotopic (exact) mass is 363 g/mol. The highest BCUT2D eigenvalue weighted by Crippen LogP contribution is 2.26. The highest BCUT2D eigenvalue weighted by Gasteiger charge is 2.37. The Morgan fingerprint density at radius 3 is 2.65 bits per heavy atom. The van der Waals surface area contributed by atoms with E-state index in [2.05, 4.69) is 29.2 Å². The predicted molar refractivity (Wildman–Crippen MR) is 98.3 cm³/mol. The maximum Gasteiger partial charge on any atom is 0.416 e. The van der Waals surface area contributed by atoms with E-state index in [1.807, 2.05) is 4.90 Å². The standard InChI is InChI=1S/C18H29N5O3/c1-13(2)22-10-11-23(15(12-22)14-6-8-19-9-7-14)18(25)26-16-4-5-17(24)21(3)20-16/h4-5,13-15,19H,6-12H2,1-3H3. The molecule has 1 N–H and O–H groups in total. The highest BCUT2D eigenvalue weighted by molar-refractivity contribution is 5.70. The van der Waals surface area contributed by atoms with Crippen LogP contribution in [0.1, 0.15) is 26.7 Å². The van der Waals surface area contributed by atoms with Gasteiger partial charge in [-0.15, -0.1) is 5.10 Å². The fourth-order valence-corrected chi connectivity index (χ4v) is 3.84. The molecule has 0 saturated carbocycles. The van der Waals surface area contributed by atoms with Crippen molar-refractivity contribution in [1.29, 1.82) is 0 Å². The van der Waals surface area contributed by atoms with Crippen molar-refractivity contribution >= 4 is 6.09 Å². The van der Waals surface area contributed by atoms with Gasteiger partial charge >= 0.3 is 6.09 Å². The van der Waals surface area contributed by atoms with Crippen LogP contribution in [0, 0.1) is 5.92 Å². The van der Waals surface area contributed by atoms with E-state index in [0.29, 0.717) is 18.5 Å². The number of piperidine rings is 1. The first-order valence-electron chi connectivity index (χ1n) is 9.43. The third-order valence-electron chi connectivity index (χ3n) is 5.47. The van der Waals surface area contributed by atoms with Crippen LogP contribution in [0.2, 0.25) is 0 Å². The summed E-state index contributed by atoms with van der Waals surface area (Å²) in [6, 6.07) is 3.41. The number of hydrogen-bond donors (Lipinski definition) is 1. The Labute approximate surface area is 154 Å². The Bertz CT molecular complexity index is 684. The molecule has 0 aliphatic carbocycles. The summed E-state index contributed by atoms with van der Waals surface area (Å²) in [7, 11) is 1.54. The van der Waals surface area contributed by atoms with Crippen molar-refractivity contribution in [2.75, 3.05) is 32.7 Å². The molecule has 2 fully saturated rings. The Morgan fingerprint density at radius 2 is 2.00 bits per heavy atom. The van der Waals surface area contributed by atoms with Crippen LogP contribution in [0.25, 0.3) is 0 Å². The summed E-state index contributed by atoms with van der Waals surface area (Å²) in [6.07, 6.45) is 1.76. The lowest BCUT2D eigenvalue weighted by Crippen LogP contribution is -2.60. The number of carbonyl (C=O) groups excluding carboxylic acids is 1. The van der Waals surface area contributed by atoms with Crippen molar-refractivity contribution in [3.8, 4) is 5.88 Å². The van der Waals surface area contributed by atoms with Gasteiger partial charge in [0.1, 0.15) is 0 Å². The number of aromatic nitrogens is 2. The molecule has 0 spiro atoms. The van der Waals surface area contributed by atoms with Crippen LogP contribution >= 0.6 is 0 Å². The van der Waals surface area contributed by atoms with Crippen LogP contribution in [0.4, 0.5) is 4.79 Å². The number of carbonyl (C=O) groups is 1. The molecule has 1 amide bonds. The van der Waals surface area contributed by atoms with Gasteiger partial charge in [-0.05, 0) is 45.7 Å². The highest BCUT2D eigenvalue weighted by atomic mass is 16.6. The Balaban J connectivity index is 1.74. The molecule has 2 aliphatic rings. The van der Waals surface area contributed by atoms with Gasteiger partial charge in [0.25, 0.3) is 5.56 Å². The van der Waals surface area contributed by atoms with Crippen LogP contribution in [-0.4, -0.2) is 70.5 Å². The summed E-state index contributed by atoms with van der Waals surface area (Å²) in [4.78, 5) is 28.6. The first-order valence-corrected chi connectivity index (χ1v) is 9.43. The summed E-state index contributed by atoms with van der Waals surface area (Å²) >= 11 is 0. The van der Waals surface area contributed by atoms with Gasteiger partial charge in [-0.2, -0.15) is 0 Å². The fraction of sp³-hybridized carbons (Fsp3) is 0.722. The van der Waals surface area contributed by atoms with E-state index in [0.717, 1.165) is 39.0 Å². The molecular formula is C18H29N5O3. The molecule has 2 aliphatic heterocycles. The molecule has 1 atom stereocenters. The number of ether oxygens (including phenoxy) is 1. The number of piperazine rings is 1. The van der Waals surface area contributed by atoms with Crippen molar-refractivity contribution in [2.45, 2.75) is 38.8 Å². The first-order chi connectivity index (χ1) is 12.5. The van der Waals surface area contributed by atoms with E-state index in [-0.39, 0.29) is 23.6 Å². The average Bonchev–Trinajstić information content (AvgIpc) is 2.65. The van der Waals surface area contributed by atoms with Gasteiger partial charge in [-0.25, -0.2) is 9.48 Å². The minimum atomic E-state index is -0.372. The quantitative estimate of drug-likeness (QED) is 0.850. The molecule has 26 heavy (non-hydrogen) atoms. The molecule has 1 aromatic heterocycles. The summed E-state index contributed by atoms with van der Waals surface area (Å²) in [6.45, 7) is 8.75. The smallest absolute Gasteiger partial charge is 0.390 e. The van der Waals surface area contributed by atoms with Crippen molar-refractivity contribution in [3.63, 3.8) is 0 Å². The van der Waals surface area contributed by atoms with Gasteiger partial charge in [0, 0.05) is 44.9 Å². The number of nitrogens with one attached hydrogen (secondary N) is 1. The van der Waals surface area contributed by atoms with E-state index in [4.69, 9.17) is 4.74 Å². The van der Waals surface area contributed by atoms with Crippen LogP contribution < -0.4 is 15.6 Å². The summed E-state index contributed by atoms with van der Waals surface area (Å²) in [5.41, 5.74) is -0.233. The SMILES string of the molecule is CC(C)N1CCN(C(=O)Oc2ccc(=O)n(C)n2)C(C2CCNCC2)C1. The molecule has 1 aromatic rings. The molecular weight excluding hydrogens is 334 g/mol. The van der Waals surface area contributed by atoms with Gasteiger partial charge in [-0.3, -0.25) is 9.69 Å². The number of amides is 1. The zero-order chi connectivity index (χ0) is 18.7. The maximum atomic E-state index is 12.8. The molecule has 8 nitrogen and oxygen atoms in total. The maximum absolute atomic E-state index is 12.8. The minimum absolute atomic E-state index is 0.147. The topological polar surface area (TPSA) is 79.7 Å².